The number of nitrogens with one attached hydrogen (secondary N) is 1. The molecule has 0 bridgehead atoms. The molecule has 2 unspecified atom stereocenters. The van der Waals surface area contributed by atoms with Crippen LogP contribution in [0.5, 0.6) is 0 Å². The van der Waals surface area contributed by atoms with E-state index in [4.69, 9.17) is 0 Å². The third-order valence-electron chi connectivity index (χ3n) is 2.78. The maximum Gasteiger partial charge on any atom is 0.00504 e. The van der Waals surface area contributed by atoms with Crippen molar-refractivity contribution in [3.63, 3.8) is 0 Å². The third kappa shape index (κ3) is 2.12. The Hall–Kier alpha value is 0.310. The first kappa shape index (κ1) is 7.93. The molecule has 0 aliphatic carbocycles. The summed E-state index contributed by atoms with van der Waals surface area (Å²) in [5.41, 5.74) is 0. The van der Waals surface area contributed by atoms with E-state index in [0.29, 0.717) is 0 Å². The lowest BCUT2D eigenvalue weighted by atomic mass is 10.0. The minimum atomic E-state index is 1.01. The van der Waals surface area contributed by atoms with E-state index in [2.05, 4.69) is 17.1 Å². The van der Waals surface area contributed by atoms with E-state index in [0.717, 1.165) is 11.2 Å². The first-order chi connectivity index (χ1) is 5.45. The summed E-state index contributed by atoms with van der Waals surface area (Å²) < 4.78 is 0. The van der Waals surface area contributed by atoms with Gasteiger partial charge in [-0.15, -0.1) is 0 Å². The van der Waals surface area contributed by atoms with Crippen molar-refractivity contribution in [3.05, 3.63) is 0 Å². The Labute approximate surface area is 73.3 Å². The van der Waals surface area contributed by atoms with E-state index in [9.17, 15) is 0 Å². The molecule has 0 amide bonds. The van der Waals surface area contributed by atoms with Gasteiger partial charge in [-0.05, 0) is 50.4 Å². The maximum absolute atomic E-state index is 3.44. The molecule has 2 aliphatic rings. The van der Waals surface area contributed by atoms with E-state index in [1.807, 2.05) is 0 Å². The van der Waals surface area contributed by atoms with Crippen molar-refractivity contribution in [1.29, 1.82) is 0 Å². The molecule has 1 nitrogen and oxygen atoms in total. The molecule has 2 aliphatic heterocycles. The molecule has 2 rings (SSSR count). The van der Waals surface area contributed by atoms with Crippen molar-refractivity contribution in [2.24, 2.45) is 5.92 Å². The molecule has 0 radical (unpaired) electrons. The second kappa shape index (κ2) is 3.81. The van der Waals surface area contributed by atoms with Crippen LogP contribution in [0.1, 0.15) is 25.7 Å². The molecule has 0 spiro atoms. The summed E-state index contributed by atoms with van der Waals surface area (Å²) in [5, 5.41) is 4.45. The fraction of sp³-hybridized carbons (Fsp3) is 1.00. The van der Waals surface area contributed by atoms with E-state index in [-0.39, 0.29) is 0 Å². The highest BCUT2D eigenvalue weighted by Gasteiger charge is 2.22. The SMILES string of the molecule is C1CSC(CC2CCNC2)C1. The van der Waals surface area contributed by atoms with E-state index in [1.54, 1.807) is 0 Å². The molecule has 0 aromatic rings. The Bertz CT molecular complexity index is 101. The van der Waals surface area contributed by atoms with Gasteiger partial charge in [-0.2, -0.15) is 11.8 Å². The van der Waals surface area contributed by atoms with Gasteiger partial charge in [0.05, 0.1) is 0 Å². The smallest absolute Gasteiger partial charge is 0.00504 e. The molecule has 2 fully saturated rings. The summed E-state index contributed by atoms with van der Waals surface area (Å²) >= 11 is 2.20. The summed E-state index contributed by atoms with van der Waals surface area (Å²) in [7, 11) is 0. The normalized spacial score (nSPS) is 38.2. The van der Waals surface area contributed by atoms with Gasteiger partial charge in [-0.25, -0.2) is 0 Å². The van der Waals surface area contributed by atoms with Crippen LogP contribution >= 0.6 is 11.8 Å². The van der Waals surface area contributed by atoms with Gasteiger partial charge in [0.1, 0.15) is 0 Å². The van der Waals surface area contributed by atoms with Gasteiger partial charge >= 0.3 is 0 Å². The van der Waals surface area contributed by atoms with Gasteiger partial charge in [-0.3, -0.25) is 0 Å². The minimum Gasteiger partial charge on any atom is -0.316 e. The minimum absolute atomic E-state index is 1.01. The standard InChI is InChI=1S/C9H17NS/c1-2-9(11-5-1)6-8-3-4-10-7-8/h8-10H,1-7H2. The van der Waals surface area contributed by atoms with Crippen LogP contribution in [0.2, 0.25) is 0 Å². The van der Waals surface area contributed by atoms with Gasteiger partial charge in [0, 0.05) is 5.25 Å². The zero-order valence-electron chi connectivity index (χ0n) is 7.01. The Morgan fingerprint density at radius 3 is 3.00 bits per heavy atom. The lowest BCUT2D eigenvalue weighted by molar-refractivity contribution is 0.513. The highest BCUT2D eigenvalue weighted by Crippen LogP contribution is 2.32. The maximum atomic E-state index is 3.44. The zero-order valence-corrected chi connectivity index (χ0v) is 7.83. The number of hydrogen-bond acceptors (Lipinski definition) is 2. The number of hydrogen-bond donors (Lipinski definition) is 1. The molecular weight excluding hydrogens is 154 g/mol. The van der Waals surface area contributed by atoms with E-state index in [1.165, 1.54) is 44.5 Å². The predicted octanol–water partition coefficient (Wildman–Crippen LogP) is 1.88. The van der Waals surface area contributed by atoms with Gasteiger partial charge in [0.25, 0.3) is 0 Å². The van der Waals surface area contributed by atoms with Gasteiger partial charge in [0.2, 0.25) is 0 Å². The van der Waals surface area contributed by atoms with Gasteiger partial charge in [0.15, 0.2) is 0 Å². The van der Waals surface area contributed by atoms with Crippen LogP contribution in [0.15, 0.2) is 0 Å². The molecule has 11 heavy (non-hydrogen) atoms. The highest BCUT2D eigenvalue weighted by atomic mass is 32.2. The molecule has 2 heterocycles. The molecule has 0 aromatic carbocycles. The van der Waals surface area contributed by atoms with Crippen LogP contribution in [0.25, 0.3) is 0 Å². The Morgan fingerprint density at radius 1 is 1.36 bits per heavy atom. The van der Waals surface area contributed by atoms with Crippen molar-refractivity contribution < 1.29 is 0 Å². The molecule has 1 N–H and O–H groups in total. The molecule has 2 heteroatoms. The summed E-state index contributed by atoms with van der Waals surface area (Å²) in [6.07, 6.45) is 5.87. The van der Waals surface area contributed by atoms with Crippen molar-refractivity contribution >= 4 is 11.8 Å². The average molecular weight is 171 g/mol. The summed E-state index contributed by atoms with van der Waals surface area (Å²) in [4.78, 5) is 0. The summed E-state index contributed by atoms with van der Waals surface area (Å²) in [6.45, 7) is 2.55. The third-order valence-corrected chi connectivity index (χ3v) is 4.21. The number of rotatable bonds is 2. The first-order valence-corrected chi connectivity index (χ1v) is 5.82. The largest absolute Gasteiger partial charge is 0.316 e. The van der Waals surface area contributed by atoms with E-state index < -0.39 is 0 Å². The number of thioether (sulfide) groups is 1. The van der Waals surface area contributed by atoms with Crippen molar-refractivity contribution in [2.45, 2.75) is 30.9 Å². The summed E-state index contributed by atoms with van der Waals surface area (Å²) in [6, 6.07) is 0. The highest BCUT2D eigenvalue weighted by molar-refractivity contribution is 8.00. The molecule has 0 saturated carbocycles. The van der Waals surface area contributed by atoms with Crippen LogP contribution in [0.3, 0.4) is 0 Å². The quantitative estimate of drug-likeness (QED) is 0.681. The fourth-order valence-corrected chi connectivity index (χ4v) is 3.53. The van der Waals surface area contributed by atoms with Crippen molar-refractivity contribution in [1.82, 2.24) is 5.32 Å². The lowest BCUT2D eigenvalue weighted by Gasteiger charge is -2.12. The van der Waals surface area contributed by atoms with Crippen LogP contribution in [0, 0.1) is 5.92 Å². The van der Waals surface area contributed by atoms with Crippen LogP contribution in [0.4, 0.5) is 0 Å². The summed E-state index contributed by atoms with van der Waals surface area (Å²) in [5.74, 6) is 2.43. The van der Waals surface area contributed by atoms with Crippen molar-refractivity contribution in [2.75, 3.05) is 18.8 Å². The molecular formula is C9H17NS. The van der Waals surface area contributed by atoms with Crippen LogP contribution in [-0.2, 0) is 0 Å². The average Bonchev–Trinajstić information content (AvgIpc) is 2.60. The second-order valence-corrected chi connectivity index (χ2v) is 5.14. The zero-order chi connectivity index (χ0) is 7.52. The topological polar surface area (TPSA) is 12.0 Å². The Kier molecular flexibility index (Phi) is 2.75. The fourth-order valence-electron chi connectivity index (χ4n) is 2.12. The monoisotopic (exact) mass is 171 g/mol. The van der Waals surface area contributed by atoms with Crippen molar-refractivity contribution in [3.8, 4) is 0 Å². The van der Waals surface area contributed by atoms with Gasteiger partial charge in [-0.1, -0.05) is 0 Å². The molecule has 2 saturated heterocycles. The van der Waals surface area contributed by atoms with E-state index >= 15 is 0 Å². The second-order valence-electron chi connectivity index (χ2n) is 3.73. The Balaban J connectivity index is 1.71. The van der Waals surface area contributed by atoms with Crippen LogP contribution in [-0.4, -0.2) is 24.1 Å². The van der Waals surface area contributed by atoms with Gasteiger partial charge < -0.3 is 5.32 Å². The predicted molar refractivity (Wildman–Crippen MR) is 51.1 cm³/mol. The lowest BCUT2D eigenvalue weighted by Crippen LogP contribution is -2.12. The first-order valence-electron chi connectivity index (χ1n) is 4.77. The van der Waals surface area contributed by atoms with Crippen LogP contribution < -0.4 is 5.32 Å². The molecule has 64 valence electrons. The molecule has 0 aromatic heterocycles. The molecule has 2 atom stereocenters. The Morgan fingerprint density at radius 2 is 2.36 bits per heavy atom.